The Bertz CT molecular complexity index is 587. The van der Waals surface area contributed by atoms with E-state index in [0.717, 1.165) is 29.5 Å². The van der Waals surface area contributed by atoms with E-state index in [-0.39, 0.29) is 24.2 Å². The molecule has 1 heterocycles. The highest BCUT2D eigenvalue weighted by Crippen LogP contribution is 2.30. The Hall–Kier alpha value is -1.79. The van der Waals surface area contributed by atoms with Crippen LogP contribution < -0.4 is 10.5 Å². The van der Waals surface area contributed by atoms with Gasteiger partial charge in [0.05, 0.1) is 11.5 Å². The first-order valence-electron chi connectivity index (χ1n) is 7.31. The highest BCUT2D eigenvalue weighted by Gasteiger charge is 2.33. The van der Waals surface area contributed by atoms with E-state index >= 15 is 0 Å². The van der Waals surface area contributed by atoms with Gasteiger partial charge >= 0.3 is 0 Å². The lowest BCUT2D eigenvalue weighted by Gasteiger charge is -2.09. The van der Waals surface area contributed by atoms with Crippen molar-refractivity contribution in [3.8, 4) is 5.75 Å². The van der Waals surface area contributed by atoms with E-state index in [2.05, 4.69) is 0 Å². The predicted molar refractivity (Wildman–Crippen MR) is 87.8 cm³/mol. The molecule has 0 aliphatic carbocycles. The largest absolute Gasteiger partial charge is 0.494 e. The number of allylic oxidation sites excluding steroid dienone is 1. The van der Waals surface area contributed by atoms with Crippen molar-refractivity contribution < 1.29 is 14.3 Å². The van der Waals surface area contributed by atoms with E-state index in [1.165, 1.54) is 4.90 Å². The summed E-state index contributed by atoms with van der Waals surface area (Å²) in [5, 5.41) is -0.236. The standard InChI is InChI=1S/C16H20N2O3S/c1-2-21-13-7-3-5-12(11-13)6-4-8-14-15(19)18(10-9-17)16(20)22-14/h3,5,7-8,11H,2,4,6,9-10,17H2,1H3/b14-8+. The quantitative estimate of drug-likeness (QED) is 0.782. The zero-order valence-corrected chi connectivity index (χ0v) is 13.4. The summed E-state index contributed by atoms with van der Waals surface area (Å²) >= 11 is 0.986. The van der Waals surface area contributed by atoms with E-state index in [1.807, 2.05) is 37.3 Å². The van der Waals surface area contributed by atoms with Crippen LogP contribution in [0.3, 0.4) is 0 Å². The van der Waals surface area contributed by atoms with Crippen molar-refractivity contribution in [3.05, 3.63) is 40.8 Å². The maximum absolute atomic E-state index is 12.0. The summed E-state index contributed by atoms with van der Waals surface area (Å²) in [5.41, 5.74) is 6.55. The van der Waals surface area contributed by atoms with Gasteiger partial charge in [-0.15, -0.1) is 0 Å². The van der Waals surface area contributed by atoms with E-state index in [1.54, 1.807) is 0 Å². The van der Waals surface area contributed by atoms with Crippen LogP contribution in [0.5, 0.6) is 5.75 Å². The third-order valence-corrected chi connectivity index (χ3v) is 4.15. The van der Waals surface area contributed by atoms with Gasteiger partial charge in [0.2, 0.25) is 0 Å². The van der Waals surface area contributed by atoms with Crippen LogP contribution in [-0.2, 0) is 11.2 Å². The maximum Gasteiger partial charge on any atom is 0.293 e. The second kappa shape index (κ2) is 8.00. The Kier molecular flexibility index (Phi) is 6.03. The first-order chi connectivity index (χ1) is 10.7. The number of amides is 2. The Morgan fingerprint density at radius 1 is 1.36 bits per heavy atom. The molecule has 1 saturated heterocycles. The first kappa shape index (κ1) is 16.6. The topological polar surface area (TPSA) is 72.6 Å². The Morgan fingerprint density at radius 2 is 2.18 bits per heavy atom. The summed E-state index contributed by atoms with van der Waals surface area (Å²) in [6.07, 6.45) is 3.32. The molecule has 5 nitrogen and oxygen atoms in total. The van der Waals surface area contributed by atoms with E-state index in [4.69, 9.17) is 10.5 Å². The molecule has 1 aromatic carbocycles. The number of benzene rings is 1. The number of ether oxygens (including phenoxy) is 1. The van der Waals surface area contributed by atoms with Crippen LogP contribution in [-0.4, -0.2) is 35.7 Å². The lowest BCUT2D eigenvalue weighted by Crippen LogP contribution is -2.33. The minimum absolute atomic E-state index is 0.233. The number of rotatable bonds is 7. The fraction of sp³-hybridized carbons (Fsp3) is 0.375. The summed E-state index contributed by atoms with van der Waals surface area (Å²) in [7, 11) is 0. The number of nitrogens with two attached hydrogens (primary N) is 1. The maximum atomic E-state index is 12.0. The number of nitrogens with zero attached hydrogens (tertiary/aromatic N) is 1. The van der Waals surface area contributed by atoms with Crippen molar-refractivity contribution in [1.29, 1.82) is 0 Å². The van der Waals surface area contributed by atoms with Crippen LogP contribution in [0.25, 0.3) is 0 Å². The molecule has 1 fully saturated rings. The van der Waals surface area contributed by atoms with Crippen molar-refractivity contribution in [3.63, 3.8) is 0 Å². The number of thioether (sulfide) groups is 1. The van der Waals surface area contributed by atoms with Gasteiger partial charge in [-0.3, -0.25) is 14.5 Å². The number of aryl methyl sites for hydroxylation is 1. The van der Waals surface area contributed by atoms with Crippen LogP contribution in [0.2, 0.25) is 0 Å². The molecule has 0 atom stereocenters. The molecule has 0 radical (unpaired) electrons. The monoisotopic (exact) mass is 320 g/mol. The van der Waals surface area contributed by atoms with Gasteiger partial charge in [0.25, 0.3) is 11.1 Å². The number of carbonyl (C=O) groups is 2. The van der Waals surface area contributed by atoms with Gasteiger partial charge in [-0.1, -0.05) is 18.2 Å². The average Bonchev–Trinajstić information content (AvgIpc) is 2.76. The van der Waals surface area contributed by atoms with Gasteiger partial charge in [-0.05, 0) is 49.2 Å². The molecular formula is C16H20N2O3S. The average molecular weight is 320 g/mol. The van der Waals surface area contributed by atoms with Gasteiger partial charge < -0.3 is 10.5 Å². The third-order valence-electron chi connectivity index (χ3n) is 3.20. The van der Waals surface area contributed by atoms with E-state index in [9.17, 15) is 9.59 Å². The SMILES string of the molecule is CCOc1cccc(CC/C=C2/SC(=O)N(CCN)C2=O)c1. The fourth-order valence-corrected chi connectivity index (χ4v) is 3.06. The zero-order chi connectivity index (χ0) is 15.9. The summed E-state index contributed by atoms with van der Waals surface area (Å²) in [4.78, 5) is 25.4. The zero-order valence-electron chi connectivity index (χ0n) is 12.6. The lowest BCUT2D eigenvalue weighted by atomic mass is 10.1. The molecule has 0 saturated carbocycles. The molecule has 118 valence electrons. The van der Waals surface area contributed by atoms with E-state index in [0.29, 0.717) is 17.9 Å². The highest BCUT2D eigenvalue weighted by molar-refractivity contribution is 8.18. The molecule has 2 amide bonds. The van der Waals surface area contributed by atoms with Gasteiger partial charge in [0.15, 0.2) is 0 Å². The van der Waals surface area contributed by atoms with Crippen molar-refractivity contribution in [2.75, 3.05) is 19.7 Å². The number of hydrogen-bond donors (Lipinski definition) is 1. The molecular weight excluding hydrogens is 300 g/mol. The third kappa shape index (κ3) is 4.11. The number of imide groups is 1. The van der Waals surface area contributed by atoms with Gasteiger partial charge in [-0.2, -0.15) is 0 Å². The molecule has 0 spiro atoms. The fourth-order valence-electron chi connectivity index (χ4n) is 2.19. The molecule has 0 aromatic heterocycles. The van der Waals surface area contributed by atoms with Crippen molar-refractivity contribution in [2.24, 2.45) is 5.73 Å². The first-order valence-corrected chi connectivity index (χ1v) is 8.13. The van der Waals surface area contributed by atoms with Crippen LogP contribution in [0.4, 0.5) is 4.79 Å². The van der Waals surface area contributed by atoms with Gasteiger partial charge in [0.1, 0.15) is 5.75 Å². The molecule has 1 aliphatic rings. The number of hydrogen-bond acceptors (Lipinski definition) is 5. The van der Waals surface area contributed by atoms with Crippen LogP contribution >= 0.6 is 11.8 Å². The Morgan fingerprint density at radius 3 is 2.91 bits per heavy atom. The Labute approximate surface area is 134 Å². The van der Waals surface area contributed by atoms with Crippen LogP contribution in [0.15, 0.2) is 35.2 Å². The summed E-state index contributed by atoms with van der Waals surface area (Å²) in [5.74, 6) is 0.617. The van der Waals surface area contributed by atoms with Crippen LogP contribution in [0.1, 0.15) is 18.9 Å². The Balaban J connectivity index is 1.94. The summed E-state index contributed by atoms with van der Waals surface area (Å²) in [6, 6.07) is 7.90. The van der Waals surface area contributed by atoms with Gasteiger partial charge in [-0.25, -0.2) is 0 Å². The summed E-state index contributed by atoms with van der Waals surface area (Å²) < 4.78 is 5.46. The molecule has 2 N–H and O–H groups in total. The molecule has 0 unspecified atom stereocenters. The molecule has 0 bridgehead atoms. The highest BCUT2D eigenvalue weighted by atomic mass is 32.2. The molecule has 2 rings (SSSR count). The molecule has 1 aromatic rings. The predicted octanol–water partition coefficient (Wildman–Crippen LogP) is 2.56. The smallest absolute Gasteiger partial charge is 0.293 e. The molecule has 1 aliphatic heterocycles. The van der Waals surface area contributed by atoms with Crippen molar-refractivity contribution in [1.82, 2.24) is 4.90 Å². The second-order valence-electron chi connectivity index (χ2n) is 4.80. The molecule has 22 heavy (non-hydrogen) atoms. The van der Waals surface area contributed by atoms with E-state index < -0.39 is 0 Å². The van der Waals surface area contributed by atoms with Crippen LogP contribution in [0, 0.1) is 0 Å². The lowest BCUT2D eigenvalue weighted by molar-refractivity contribution is -0.122. The second-order valence-corrected chi connectivity index (χ2v) is 5.79. The number of carbonyl (C=O) groups excluding carboxylic acids is 2. The molecule has 6 heteroatoms. The minimum Gasteiger partial charge on any atom is -0.494 e. The minimum atomic E-state index is -0.236. The van der Waals surface area contributed by atoms with Crippen molar-refractivity contribution >= 4 is 22.9 Å². The summed E-state index contributed by atoms with van der Waals surface area (Å²) in [6.45, 7) is 3.15. The van der Waals surface area contributed by atoms with Gasteiger partial charge in [0, 0.05) is 13.1 Å². The van der Waals surface area contributed by atoms with Crippen molar-refractivity contribution in [2.45, 2.75) is 19.8 Å². The normalized spacial score (nSPS) is 16.6.